The molecule has 4 rings (SSSR count). The van der Waals surface area contributed by atoms with Crippen LogP contribution >= 0.6 is 22.9 Å². The van der Waals surface area contributed by atoms with E-state index >= 15 is 0 Å². The third kappa shape index (κ3) is 4.01. The van der Waals surface area contributed by atoms with Crippen molar-refractivity contribution in [3.8, 4) is 22.6 Å². The molecule has 9 heteroatoms. The summed E-state index contributed by atoms with van der Waals surface area (Å²) in [7, 11) is 1.36. The lowest BCUT2D eigenvalue weighted by Gasteiger charge is -2.12. The van der Waals surface area contributed by atoms with E-state index in [-0.39, 0.29) is 23.6 Å². The minimum absolute atomic E-state index is 0.0694. The molecule has 0 saturated carbocycles. The predicted molar refractivity (Wildman–Crippen MR) is 113 cm³/mol. The first-order valence-electron chi connectivity index (χ1n) is 8.80. The van der Waals surface area contributed by atoms with Crippen molar-refractivity contribution in [3.05, 3.63) is 75.1 Å². The molecule has 0 saturated heterocycles. The van der Waals surface area contributed by atoms with Crippen LogP contribution in [0.1, 0.15) is 5.56 Å². The number of rotatable bonds is 6. The second-order valence-corrected chi connectivity index (χ2v) is 7.67. The Labute approximate surface area is 179 Å². The molecule has 0 aliphatic carbocycles. The average molecular weight is 449 g/mol. The number of fused-ring (bicyclic) bond motifs is 1. The number of nitrogens with zero attached hydrogens (tertiary/aromatic N) is 2. The number of benzene rings is 2. The minimum atomic E-state index is -2.95. The van der Waals surface area contributed by atoms with E-state index in [0.29, 0.717) is 20.8 Å². The summed E-state index contributed by atoms with van der Waals surface area (Å²) in [5.74, 6) is 0.0901. The first kappa shape index (κ1) is 20.3. The number of thiophene rings is 1. The van der Waals surface area contributed by atoms with Crippen LogP contribution in [0.2, 0.25) is 5.02 Å². The molecule has 30 heavy (non-hydrogen) atoms. The van der Waals surface area contributed by atoms with Gasteiger partial charge in [0.25, 0.3) is 5.56 Å². The Bertz CT molecular complexity index is 1260. The monoisotopic (exact) mass is 448 g/mol. The molecule has 0 amide bonds. The highest BCUT2D eigenvalue weighted by Gasteiger charge is 2.15. The molecule has 0 bridgehead atoms. The van der Waals surface area contributed by atoms with Crippen molar-refractivity contribution in [1.82, 2.24) is 9.55 Å². The van der Waals surface area contributed by atoms with E-state index in [9.17, 15) is 13.6 Å². The zero-order chi connectivity index (χ0) is 21.3. The van der Waals surface area contributed by atoms with Gasteiger partial charge in [-0.25, -0.2) is 4.98 Å². The van der Waals surface area contributed by atoms with Crippen molar-refractivity contribution in [3.63, 3.8) is 0 Å². The van der Waals surface area contributed by atoms with Gasteiger partial charge in [-0.15, -0.1) is 11.3 Å². The van der Waals surface area contributed by atoms with Gasteiger partial charge in [-0.05, 0) is 35.4 Å². The Morgan fingerprint density at radius 1 is 1.17 bits per heavy atom. The molecule has 0 spiro atoms. The van der Waals surface area contributed by atoms with Crippen molar-refractivity contribution in [2.24, 2.45) is 0 Å². The predicted octanol–water partition coefficient (Wildman–Crippen LogP) is 5.44. The van der Waals surface area contributed by atoms with E-state index in [1.807, 2.05) is 17.5 Å². The molecule has 0 radical (unpaired) electrons. The Morgan fingerprint density at radius 2 is 1.93 bits per heavy atom. The van der Waals surface area contributed by atoms with Crippen LogP contribution in [0.4, 0.5) is 8.78 Å². The maximum absolute atomic E-state index is 13.2. The third-order valence-electron chi connectivity index (χ3n) is 4.51. The average Bonchev–Trinajstić information content (AvgIpc) is 3.16. The van der Waals surface area contributed by atoms with Crippen molar-refractivity contribution in [2.45, 2.75) is 13.2 Å². The summed E-state index contributed by atoms with van der Waals surface area (Å²) in [6, 6.07) is 11.8. The van der Waals surface area contributed by atoms with Crippen LogP contribution in [0, 0.1) is 0 Å². The number of hydrogen-bond acceptors (Lipinski definition) is 5. The highest BCUT2D eigenvalue weighted by molar-refractivity contribution is 7.17. The Kier molecular flexibility index (Phi) is 5.69. The van der Waals surface area contributed by atoms with Gasteiger partial charge in [0, 0.05) is 16.0 Å². The molecule has 2 aromatic carbocycles. The molecule has 2 aromatic heterocycles. The zero-order valence-electron chi connectivity index (χ0n) is 15.6. The maximum atomic E-state index is 13.2. The number of aromatic nitrogens is 2. The Morgan fingerprint density at radius 3 is 2.63 bits per heavy atom. The first-order chi connectivity index (χ1) is 14.5. The quantitative estimate of drug-likeness (QED) is 0.394. The first-order valence-corrected chi connectivity index (χ1v) is 10.1. The van der Waals surface area contributed by atoms with Crippen LogP contribution in [-0.4, -0.2) is 23.3 Å². The number of methoxy groups -OCH3 is 1. The summed E-state index contributed by atoms with van der Waals surface area (Å²) >= 11 is 7.36. The van der Waals surface area contributed by atoms with Gasteiger partial charge in [0.2, 0.25) is 0 Å². The standard InChI is InChI=1S/C21H15ClF2N2O3S/c1-28-17-8-12(2-7-16(17)29-21(23)24)9-26-11-25-19-18(20(26)27)15(10-30-19)13-3-5-14(22)6-4-13/h2-8,10-11,21H,9H2,1H3. The van der Waals surface area contributed by atoms with Crippen LogP contribution < -0.4 is 15.0 Å². The molecule has 154 valence electrons. The number of ether oxygens (including phenoxy) is 2. The van der Waals surface area contributed by atoms with E-state index in [2.05, 4.69) is 9.72 Å². The van der Waals surface area contributed by atoms with Gasteiger partial charge >= 0.3 is 6.61 Å². The number of alkyl halides is 2. The van der Waals surface area contributed by atoms with Gasteiger partial charge in [0.05, 0.1) is 25.4 Å². The van der Waals surface area contributed by atoms with Gasteiger partial charge in [-0.2, -0.15) is 8.78 Å². The van der Waals surface area contributed by atoms with Gasteiger partial charge in [0.1, 0.15) is 4.83 Å². The largest absolute Gasteiger partial charge is 0.493 e. The van der Waals surface area contributed by atoms with E-state index in [0.717, 1.165) is 11.1 Å². The molecule has 0 N–H and O–H groups in total. The lowest BCUT2D eigenvalue weighted by Crippen LogP contribution is -2.21. The molecule has 4 aromatic rings. The van der Waals surface area contributed by atoms with Gasteiger partial charge in [0.15, 0.2) is 11.5 Å². The second-order valence-electron chi connectivity index (χ2n) is 6.38. The Hall–Kier alpha value is -2.97. The summed E-state index contributed by atoms with van der Waals surface area (Å²) in [5.41, 5.74) is 2.15. The van der Waals surface area contributed by atoms with Gasteiger partial charge < -0.3 is 9.47 Å². The smallest absolute Gasteiger partial charge is 0.387 e. The van der Waals surface area contributed by atoms with E-state index in [1.165, 1.54) is 35.4 Å². The fourth-order valence-electron chi connectivity index (χ4n) is 3.12. The van der Waals surface area contributed by atoms with Gasteiger partial charge in [-0.3, -0.25) is 9.36 Å². The van der Waals surface area contributed by atoms with Crippen LogP contribution in [0.15, 0.2) is 59.0 Å². The van der Waals surface area contributed by atoms with Crippen LogP contribution in [0.3, 0.4) is 0 Å². The summed E-state index contributed by atoms with van der Waals surface area (Å²) in [4.78, 5) is 18.2. The van der Waals surface area contributed by atoms with Crippen molar-refractivity contribution < 1.29 is 18.3 Å². The fraction of sp³-hybridized carbons (Fsp3) is 0.143. The fourth-order valence-corrected chi connectivity index (χ4v) is 4.15. The van der Waals surface area contributed by atoms with Crippen molar-refractivity contribution in [2.75, 3.05) is 7.11 Å². The highest BCUT2D eigenvalue weighted by atomic mass is 35.5. The molecule has 0 unspecified atom stereocenters. The summed E-state index contributed by atoms with van der Waals surface area (Å²) < 4.78 is 36.1. The van der Waals surface area contributed by atoms with Crippen LogP contribution in [0.5, 0.6) is 11.5 Å². The lowest BCUT2D eigenvalue weighted by atomic mass is 10.1. The molecule has 5 nitrogen and oxygen atoms in total. The summed E-state index contributed by atoms with van der Waals surface area (Å²) in [6.07, 6.45) is 1.48. The van der Waals surface area contributed by atoms with Crippen LogP contribution in [0.25, 0.3) is 21.3 Å². The van der Waals surface area contributed by atoms with E-state index in [1.54, 1.807) is 24.3 Å². The summed E-state index contributed by atoms with van der Waals surface area (Å²) in [6.45, 7) is -2.76. The van der Waals surface area contributed by atoms with E-state index < -0.39 is 6.61 Å². The molecule has 0 aliphatic rings. The molecule has 2 heterocycles. The topological polar surface area (TPSA) is 53.4 Å². The van der Waals surface area contributed by atoms with Crippen molar-refractivity contribution >= 4 is 33.2 Å². The normalized spacial score (nSPS) is 11.2. The highest BCUT2D eigenvalue weighted by Crippen LogP contribution is 2.32. The number of halogens is 3. The second kappa shape index (κ2) is 8.41. The number of hydrogen-bond donors (Lipinski definition) is 0. The Balaban J connectivity index is 1.72. The lowest BCUT2D eigenvalue weighted by molar-refractivity contribution is -0.0512. The third-order valence-corrected chi connectivity index (χ3v) is 5.65. The van der Waals surface area contributed by atoms with Crippen LogP contribution in [-0.2, 0) is 6.54 Å². The zero-order valence-corrected chi connectivity index (χ0v) is 17.2. The van der Waals surface area contributed by atoms with Crippen molar-refractivity contribution in [1.29, 1.82) is 0 Å². The van der Waals surface area contributed by atoms with E-state index in [4.69, 9.17) is 16.3 Å². The maximum Gasteiger partial charge on any atom is 0.387 e. The minimum Gasteiger partial charge on any atom is -0.493 e. The van der Waals surface area contributed by atoms with Gasteiger partial charge in [-0.1, -0.05) is 29.8 Å². The summed E-state index contributed by atoms with van der Waals surface area (Å²) in [5, 5.41) is 3.03. The molecular weight excluding hydrogens is 434 g/mol. The molecule has 0 aliphatic heterocycles. The molecule has 0 atom stereocenters. The SMILES string of the molecule is COc1cc(Cn2cnc3scc(-c4ccc(Cl)cc4)c3c2=O)ccc1OC(F)F. The molecular formula is C21H15ClF2N2O3S. The molecule has 0 fully saturated rings.